The van der Waals surface area contributed by atoms with Crippen molar-refractivity contribution in [3.05, 3.63) is 162 Å². The van der Waals surface area contributed by atoms with Crippen LogP contribution in [0.15, 0.2) is 140 Å². The summed E-state index contributed by atoms with van der Waals surface area (Å²) in [5.41, 5.74) is 18.2. The Bertz CT molecular complexity index is 2290. The summed E-state index contributed by atoms with van der Waals surface area (Å²) in [5, 5.41) is 0. The van der Waals surface area contributed by atoms with Crippen LogP contribution in [-0.2, 0) is 5.41 Å². The van der Waals surface area contributed by atoms with Gasteiger partial charge in [0.15, 0.2) is 0 Å². The summed E-state index contributed by atoms with van der Waals surface area (Å²) in [6.07, 6.45) is 8.66. The highest BCUT2D eigenvalue weighted by atomic mass is 15.1. The average Bonchev–Trinajstić information content (AvgIpc) is 3.61. The monoisotopic (exact) mass is 659 g/mol. The van der Waals surface area contributed by atoms with E-state index in [1.54, 1.807) is 11.1 Å². The molecule has 0 aliphatic heterocycles. The van der Waals surface area contributed by atoms with E-state index in [0.29, 0.717) is 11.3 Å². The van der Waals surface area contributed by atoms with Crippen molar-refractivity contribution in [2.45, 2.75) is 63.7 Å². The van der Waals surface area contributed by atoms with Gasteiger partial charge in [0.25, 0.3) is 0 Å². The third-order valence-electron chi connectivity index (χ3n) is 13.9. The van der Waals surface area contributed by atoms with Crippen LogP contribution in [0.25, 0.3) is 33.4 Å². The molecule has 0 spiro atoms. The number of nitrogens with zero attached hydrogens (tertiary/aromatic N) is 1. The summed E-state index contributed by atoms with van der Waals surface area (Å²) >= 11 is 0. The van der Waals surface area contributed by atoms with Crippen LogP contribution >= 0.6 is 0 Å². The summed E-state index contributed by atoms with van der Waals surface area (Å²) in [6, 6.07) is 53.1. The first-order valence-electron chi connectivity index (χ1n) is 19.4. The molecule has 6 aromatic rings. The molecule has 1 atom stereocenters. The number of hydrogen-bond donors (Lipinski definition) is 0. The van der Waals surface area contributed by atoms with Crippen LogP contribution < -0.4 is 4.90 Å². The molecule has 4 bridgehead atoms. The van der Waals surface area contributed by atoms with Crippen molar-refractivity contribution < 1.29 is 0 Å². The Morgan fingerprint density at radius 1 is 0.451 bits per heavy atom. The Hall–Kier alpha value is -4.88. The second kappa shape index (κ2) is 10.8. The van der Waals surface area contributed by atoms with E-state index < -0.39 is 0 Å². The lowest BCUT2D eigenvalue weighted by Crippen LogP contribution is -2.48. The summed E-state index contributed by atoms with van der Waals surface area (Å²) < 4.78 is 0. The zero-order chi connectivity index (χ0) is 33.9. The van der Waals surface area contributed by atoms with Gasteiger partial charge in [0.2, 0.25) is 0 Å². The van der Waals surface area contributed by atoms with E-state index in [2.05, 4.69) is 158 Å². The van der Waals surface area contributed by atoms with E-state index >= 15 is 0 Å². The number of fused-ring (bicyclic) bond motifs is 6. The minimum Gasteiger partial charge on any atom is -0.310 e. The SMILES string of the molecule is CC1(C)c2ccccc2-c2ccc(N(c3ccc(-c4ccccc4)cc3)c3ccc4c(c3)C(C35CC6CC(CC(C6)C3)C5)c3ccccc3-4)cc21. The zero-order valence-corrected chi connectivity index (χ0v) is 29.8. The van der Waals surface area contributed by atoms with Gasteiger partial charge in [0, 0.05) is 28.4 Å². The fourth-order valence-corrected chi connectivity index (χ4v) is 12.2. The molecule has 4 saturated carbocycles. The Labute approximate surface area is 303 Å². The van der Waals surface area contributed by atoms with Crippen LogP contribution in [0.1, 0.15) is 80.5 Å². The van der Waals surface area contributed by atoms with Crippen LogP contribution in [0.4, 0.5) is 17.1 Å². The highest BCUT2D eigenvalue weighted by Gasteiger charge is 2.56. The van der Waals surface area contributed by atoms with Gasteiger partial charge in [-0.2, -0.15) is 0 Å². The van der Waals surface area contributed by atoms with E-state index in [4.69, 9.17) is 0 Å². The minimum absolute atomic E-state index is 0.0616. The first-order valence-corrected chi connectivity index (χ1v) is 19.4. The quantitative estimate of drug-likeness (QED) is 0.178. The molecule has 6 aliphatic carbocycles. The molecule has 4 fully saturated rings. The molecule has 0 N–H and O–H groups in total. The third-order valence-corrected chi connectivity index (χ3v) is 13.9. The summed E-state index contributed by atoms with van der Waals surface area (Å²) in [7, 11) is 0. The lowest BCUT2D eigenvalue weighted by molar-refractivity contribution is -0.0612. The van der Waals surface area contributed by atoms with Gasteiger partial charge in [0.1, 0.15) is 0 Å². The van der Waals surface area contributed by atoms with Gasteiger partial charge in [-0.25, -0.2) is 0 Å². The molecule has 0 heterocycles. The first-order chi connectivity index (χ1) is 24.9. The van der Waals surface area contributed by atoms with E-state index in [0.717, 1.165) is 17.8 Å². The highest BCUT2D eigenvalue weighted by Crippen LogP contribution is 2.68. The predicted octanol–water partition coefficient (Wildman–Crippen LogP) is 13.5. The minimum atomic E-state index is -0.0616. The number of rotatable bonds is 5. The van der Waals surface area contributed by atoms with E-state index in [9.17, 15) is 0 Å². The van der Waals surface area contributed by atoms with Gasteiger partial charge in [0.05, 0.1) is 0 Å². The van der Waals surface area contributed by atoms with Crippen molar-refractivity contribution in [1.29, 1.82) is 0 Å². The maximum atomic E-state index is 2.61. The normalized spacial score (nSPS) is 25.6. The number of hydrogen-bond acceptors (Lipinski definition) is 1. The molecule has 1 heteroatoms. The van der Waals surface area contributed by atoms with Crippen LogP contribution in [-0.4, -0.2) is 0 Å². The van der Waals surface area contributed by atoms with Crippen molar-refractivity contribution in [3.8, 4) is 33.4 Å². The fourth-order valence-electron chi connectivity index (χ4n) is 12.2. The molecule has 51 heavy (non-hydrogen) atoms. The topological polar surface area (TPSA) is 3.24 Å². The molecule has 0 amide bonds. The highest BCUT2D eigenvalue weighted by molar-refractivity contribution is 5.88. The van der Waals surface area contributed by atoms with E-state index in [-0.39, 0.29) is 5.41 Å². The Morgan fingerprint density at radius 3 is 1.71 bits per heavy atom. The van der Waals surface area contributed by atoms with Gasteiger partial charge in [-0.1, -0.05) is 117 Å². The molecule has 0 radical (unpaired) electrons. The molecular weight excluding hydrogens is 615 g/mol. The molecule has 250 valence electrons. The maximum Gasteiger partial charge on any atom is 0.0465 e. The molecule has 12 rings (SSSR count). The molecule has 0 saturated heterocycles. The van der Waals surface area contributed by atoms with Crippen LogP contribution in [0.5, 0.6) is 0 Å². The molecule has 6 aromatic carbocycles. The first kappa shape index (κ1) is 29.8. The van der Waals surface area contributed by atoms with Gasteiger partial charge in [-0.3, -0.25) is 0 Å². The average molecular weight is 660 g/mol. The Kier molecular flexibility index (Phi) is 6.32. The number of benzene rings is 6. The van der Waals surface area contributed by atoms with Gasteiger partial charge in [-0.15, -0.1) is 0 Å². The van der Waals surface area contributed by atoms with Gasteiger partial charge in [-0.05, 0) is 154 Å². The van der Waals surface area contributed by atoms with Crippen LogP contribution in [0.3, 0.4) is 0 Å². The van der Waals surface area contributed by atoms with Crippen molar-refractivity contribution >= 4 is 17.1 Å². The van der Waals surface area contributed by atoms with Gasteiger partial charge < -0.3 is 4.90 Å². The van der Waals surface area contributed by atoms with E-state index in [1.165, 1.54) is 100 Å². The second-order valence-electron chi connectivity index (χ2n) is 17.2. The molecular formula is C50H45N. The predicted molar refractivity (Wildman–Crippen MR) is 212 cm³/mol. The summed E-state index contributed by atoms with van der Waals surface area (Å²) in [6.45, 7) is 4.78. The second-order valence-corrected chi connectivity index (χ2v) is 17.2. The largest absolute Gasteiger partial charge is 0.310 e. The Morgan fingerprint density at radius 2 is 0.980 bits per heavy atom. The fraction of sp³-hybridized carbons (Fsp3) is 0.280. The lowest BCUT2D eigenvalue weighted by Gasteiger charge is -2.59. The molecule has 0 aromatic heterocycles. The maximum absolute atomic E-state index is 2.61. The van der Waals surface area contributed by atoms with Crippen molar-refractivity contribution in [1.82, 2.24) is 0 Å². The van der Waals surface area contributed by atoms with E-state index in [1.807, 2.05) is 0 Å². The molecule has 1 unspecified atom stereocenters. The summed E-state index contributed by atoms with van der Waals surface area (Å²) in [5.74, 6) is 3.25. The molecule has 1 nitrogen and oxygen atoms in total. The summed E-state index contributed by atoms with van der Waals surface area (Å²) in [4.78, 5) is 2.54. The van der Waals surface area contributed by atoms with Crippen molar-refractivity contribution in [2.24, 2.45) is 23.2 Å². The third kappa shape index (κ3) is 4.40. The van der Waals surface area contributed by atoms with Gasteiger partial charge >= 0.3 is 0 Å². The lowest BCUT2D eigenvalue weighted by atomic mass is 9.45. The molecule has 6 aliphatic rings. The zero-order valence-electron chi connectivity index (χ0n) is 29.8. The Balaban J connectivity index is 1.08. The number of anilines is 3. The van der Waals surface area contributed by atoms with Crippen molar-refractivity contribution in [2.75, 3.05) is 4.90 Å². The van der Waals surface area contributed by atoms with Crippen LogP contribution in [0, 0.1) is 23.2 Å². The standard InChI is InChI=1S/C50H45N/c1-49(2)46-15-9-8-13-42(46)43-23-21-39(28-47(43)49)51(37-18-16-36(17-19-37)35-10-4-3-5-11-35)38-20-22-41-40-12-6-7-14-44(40)48(45(41)27-38)50-29-32-24-33(30-50)26-34(25-32)31-50/h3-23,27-28,32-34,48H,24-26,29-31H2,1-2H3. The van der Waals surface area contributed by atoms with Crippen molar-refractivity contribution in [3.63, 3.8) is 0 Å². The van der Waals surface area contributed by atoms with Crippen LogP contribution in [0.2, 0.25) is 0 Å². The smallest absolute Gasteiger partial charge is 0.0465 e.